The van der Waals surface area contributed by atoms with Gasteiger partial charge in [0.05, 0.1) is 13.2 Å². The molecule has 19 heavy (non-hydrogen) atoms. The van der Waals surface area contributed by atoms with E-state index in [1.807, 2.05) is 0 Å². The second-order valence-electron chi connectivity index (χ2n) is 5.57. The van der Waals surface area contributed by atoms with E-state index >= 15 is 0 Å². The van der Waals surface area contributed by atoms with Crippen molar-refractivity contribution >= 4 is 11.7 Å². The molecule has 1 saturated heterocycles. The number of Topliss-reactive ketones (excluding diaryl/α,β-unsaturated/α-hetero) is 1. The van der Waals surface area contributed by atoms with Crippen LogP contribution < -0.4 is 5.32 Å². The molecule has 1 amide bonds. The number of carbonyl (C=O) groups excluding carboxylic acids is 2. The van der Waals surface area contributed by atoms with Crippen LogP contribution in [0.1, 0.15) is 39.0 Å². The molecule has 2 aliphatic rings. The van der Waals surface area contributed by atoms with Crippen molar-refractivity contribution in [1.82, 2.24) is 10.2 Å². The maximum Gasteiger partial charge on any atom is 0.239 e. The Bertz CT molecular complexity index is 329. The first-order valence-corrected chi connectivity index (χ1v) is 7.28. The van der Waals surface area contributed by atoms with Crippen LogP contribution in [0.3, 0.4) is 0 Å². The summed E-state index contributed by atoms with van der Waals surface area (Å²) < 4.78 is 5.42. The third kappa shape index (κ3) is 4.91. The van der Waals surface area contributed by atoms with Gasteiger partial charge in [0.15, 0.2) is 0 Å². The lowest BCUT2D eigenvalue weighted by Gasteiger charge is -2.34. The standard InChI is InChI=1S/C14H24N2O3/c1-11(17)4-2-3-7-16-8-9-19-10-13(16)14(18)15-12-5-6-12/h12-13H,2-10H2,1H3,(H,15,18). The summed E-state index contributed by atoms with van der Waals surface area (Å²) >= 11 is 0. The highest BCUT2D eigenvalue weighted by Crippen LogP contribution is 2.19. The number of amides is 1. The van der Waals surface area contributed by atoms with Crippen LogP contribution in [0.5, 0.6) is 0 Å². The Labute approximate surface area is 114 Å². The van der Waals surface area contributed by atoms with Crippen molar-refractivity contribution in [3.05, 3.63) is 0 Å². The highest BCUT2D eigenvalue weighted by Gasteiger charge is 2.32. The van der Waals surface area contributed by atoms with Gasteiger partial charge in [-0.2, -0.15) is 0 Å². The lowest BCUT2D eigenvalue weighted by molar-refractivity contribution is -0.132. The largest absolute Gasteiger partial charge is 0.378 e. The van der Waals surface area contributed by atoms with Crippen LogP contribution >= 0.6 is 0 Å². The molecule has 0 radical (unpaired) electrons. The molecular formula is C14H24N2O3. The summed E-state index contributed by atoms with van der Waals surface area (Å²) in [6, 6.07) is 0.251. The zero-order chi connectivity index (χ0) is 13.7. The van der Waals surface area contributed by atoms with Gasteiger partial charge in [-0.25, -0.2) is 0 Å². The van der Waals surface area contributed by atoms with Crippen molar-refractivity contribution in [3.63, 3.8) is 0 Å². The van der Waals surface area contributed by atoms with Crippen molar-refractivity contribution in [3.8, 4) is 0 Å². The van der Waals surface area contributed by atoms with Crippen LogP contribution in [0, 0.1) is 0 Å². The topological polar surface area (TPSA) is 58.6 Å². The highest BCUT2D eigenvalue weighted by atomic mass is 16.5. The van der Waals surface area contributed by atoms with Gasteiger partial charge >= 0.3 is 0 Å². The van der Waals surface area contributed by atoms with E-state index < -0.39 is 0 Å². The minimum atomic E-state index is -0.147. The van der Waals surface area contributed by atoms with E-state index in [0.29, 0.717) is 25.7 Å². The summed E-state index contributed by atoms with van der Waals surface area (Å²) in [5, 5.41) is 3.05. The predicted molar refractivity (Wildman–Crippen MR) is 71.9 cm³/mol. The smallest absolute Gasteiger partial charge is 0.239 e. The van der Waals surface area contributed by atoms with Gasteiger partial charge in [0.25, 0.3) is 0 Å². The average Bonchev–Trinajstić information content (AvgIpc) is 3.19. The van der Waals surface area contributed by atoms with Crippen molar-refractivity contribution < 1.29 is 14.3 Å². The number of ether oxygens (including phenoxy) is 1. The minimum absolute atomic E-state index is 0.105. The predicted octanol–water partition coefficient (Wildman–Crippen LogP) is 0.725. The van der Waals surface area contributed by atoms with Gasteiger partial charge in [0.1, 0.15) is 11.8 Å². The maximum atomic E-state index is 12.1. The second kappa shape index (κ2) is 7.01. The van der Waals surface area contributed by atoms with Crippen LogP contribution in [0.15, 0.2) is 0 Å². The molecule has 1 aliphatic carbocycles. The number of carbonyl (C=O) groups is 2. The normalized spacial score (nSPS) is 24.2. The van der Waals surface area contributed by atoms with Crippen LogP contribution in [-0.4, -0.2) is 55.0 Å². The van der Waals surface area contributed by atoms with Gasteiger partial charge in [-0.3, -0.25) is 9.69 Å². The Balaban J connectivity index is 1.74. The van der Waals surface area contributed by atoms with E-state index in [1.165, 1.54) is 0 Å². The summed E-state index contributed by atoms with van der Waals surface area (Å²) in [5.41, 5.74) is 0. The number of nitrogens with one attached hydrogen (secondary N) is 1. The van der Waals surface area contributed by atoms with Gasteiger partial charge in [-0.1, -0.05) is 0 Å². The Morgan fingerprint density at radius 3 is 2.79 bits per heavy atom. The fourth-order valence-electron chi connectivity index (χ4n) is 2.36. The number of morpholine rings is 1. The van der Waals surface area contributed by atoms with Gasteiger partial charge in [0, 0.05) is 19.0 Å². The minimum Gasteiger partial charge on any atom is -0.378 e. The van der Waals surface area contributed by atoms with Crippen LogP contribution in [0.25, 0.3) is 0 Å². The third-order valence-electron chi connectivity index (χ3n) is 3.69. The first-order valence-electron chi connectivity index (χ1n) is 7.28. The van der Waals surface area contributed by atoms with E-state index in [4.69, 9.17) is 4.74 Å². The van der Waals surface area contributed by atoms with Crippen molar-refractivity contribution in [2.24, 2.45) is 0 Å². The molecule has 0 aromatic carbocycles. The molecule has 1 aliphatic heterocycles. The molecule has 0 aromatic rings. The monoisotopic (exact) mass is 268 g/mol. The highest BCUT2D eigenvalue weighted by molar-refractivity contribution is 5.82. The molecule has 0 spiro atoms. The zero-order valence-corrected chi connectivity index (χ0v) is 11.7. The number of unbranched alkanes of at least 4 members (excludes halogenated alkanes) is 1. The Hall–Kier alpha value is -0.940. The maximum absolute atomic E-state index is 12.1. The molecule has 108 valence electrons. The van der Waals surface area contributed by atoms with Crippen molar-refractivity contribution in [2.75, 3.05) is 26.3 Å². The van der Waals surface area contributed by atoms with Crippen molar-refractivity contribution in [1.29, 1.82) is 0 Å². The first kappa shape index (κ1) is 14.5. The summed E-state index contributed by atoms with van der Waals surface area (Å²) in [6.07, 6.45) is 4.73. The van der Waals surface area contributed by atoms with Gasteiger partial charge in [-0.05, 0) is 39.2 Å². The summed E-state index contributed by atoms with van der Waals surface area (Å²) in [4.78, 5) is 25.2. The van der Waals surface area contributed by atoms with E-state index in [0.717, 1.165) is 38.8 Å². The number of ketones is 1. The molecule has 1 unspecified atom stereocenters. The average molecular weight is 268 g/mol. The van der Waals surface area contributed by atoms with Crippen LogP contribution in [0.2, 0.25) is 0 Å². The van der Waals surface area contributed by atoms with Gasteiger partial charge in [0.2, 0.25) is 5.91 Å². The Kier molecular flexibility index (Phi) is 5.34. The number of rotatable bonds is 7. The molecule has 5 heteroatoms. The molecule has 2 rings (SSSR count). The van der Waals surface area contributed by atoms with E-state index in [1.54, 1.807) is 6.92 Å². The van der Waals surface area contributed by atoms with E-state index in [-0.39, 0.29) is 17.7 Å². The van der Waals surface area contributed by atoms with Crippen LogP contribution in [-0.2, 0) is 14.3 Å². The molecule has 1 heterocycles. The van der Waals surface area contributed by atoms with Gasteiger partial charge < -0.3 is 14.8 Å². The molecule has 0 bridgehead atoms. The summed E-state index contributed by atoms with van der Waals surface area (Å²) in [6.45, 7) is 4.49. The molecule has 2 fully saturated rings. The fourth-order valence-corrected chi connectivity index (χ4v) is 2.36. The lowest BCUT2D eigenvalue weighted by atomic mass is 10.1. The Morgan fingerprint density at radius 1 is 1.32 bits per heavy atom. The molecular weight excluding hydrogens is 244 g/mol. The Morgan fingerprint density at radius 2 is 2.11 bits per heavy atom. The quantitative estimate of drug-likeness (QED) is 0.691. The number of hydrogen-bond donors (Lipinski definition) is 1. The molecule has 1 N–H and O–H groups in total. The second-order valence-corrected chi connectivity index (χ2v) is 5.57. The number of nitrogens with zero attached hydrogens (tertiary/aromatic N) is 1. The molecule has 5 nitrogen and oxygen atoms in total. The molecule has 0 aromatic heterocycles. The lowest BCUT2D eigenvalue weighted by Crippen LogP contribution is -2.54. The molecule has 1 atom stereocenters. The first-order chi connectivity index (χ1) is 9.16. The van der Waals surface area contributed by atoms with E-state index in [9.17, 15) is 9.59 Å². The zero-order valence-electron chi connectivity index (χ0n) is 11.7. The van der Waals surface area contributed by atoms with Gasteiger partial charge in [-0.15, -0.1) is 0 Å². The fraction of sp³-hybridized carbons (Fsp3) is 0.857. The summed E-state index contributed by atoms with van der Waals surface area (Å²) in [7, 11) is 0. The van der Waals surface area contributed by atoms with Crippen LogP contribution in [0.4, 0.5) is 0 Å². The molecule has 1 saturated carbocycles. The third-order valence-corrected chi connectivity index (χ3v) is 3.69. The summed E-state index contributed by atoms with van der Waals surface area (Å²) in [5.74, 6) is 0.346. The van der Waals surface area contributed by atoms with Crippen molar-refractivity contribution in [2.45, 2.75) is 51.1 Å². The van der Waals surface area contributed by atoms with E-state index in [2.05, 4.69) is 10.2 Å². The number of hydrogen-bond acceptors (Lipinski definition) is 4. The SMILES string of the molecule is CC(=O)CCCCN1CCOCC1C(=O)NC1CC1.